The Morgan fingerprint density at radius 2 is 1.76 bits per heavy atom. The molecule has 0 aromatic heterocycles. The topological polar surface area (TPSA) is 126 Å². The van der Waals surface area contributed by atoms with Gasteiger partial charge < -0.3 is 20.7 Å². The lowest BCUT2D eigenvalue weighted by Gasteiger charge is -2.35. The van der Waals surface area contributed by atoms with Crippen molar-refractivity contribution in [2.75, 3.05) is 20.2 Å². The number of hydrogen-bond acceptors (Lipinski definition) is 5. The van der Waals surface area contributed by atoms with Crippen LogP contribution in [0.1, 0.15) is 54.7 Å². The first-order valence-electron chi connectivity index (χ1n) is 13.0. The molecule has 0 unspecified atom stereocenters. The van der Waals surface area contributed by atoms with Gasteiger partial charge in [-0.2, -0.15) is 0 Å². The molecule has 1 aliphatic heterocycles. The van der Waals surface area contributed by atoms with Crippen LogP contribution in [0.3, 0.4) is 0 Å². The summed E-state index contributed by atoms with van der Waals surface area (Å²) in [7, 11) is 1.33. The number of halogens is 1. The maximum absolute atomic E-state index is 13.1. The second kappa shape index (κ2) is 13.4. The summed E-state index contributed by atoms with van der Waals surface area (Å²) in [5, 5.41) is 10.6. The lowest BCUT2D eigenvalue weighted by atomic mass is 9.71. The fourth-order valence-electron chi connectivity index (χ4n) is 5.41. The zero-order chi connectivity index (χ0) is 26.4. The van der Waals surface area contributed by atoms with Crippen LogP contribution in [0.2, 0.25) is 0 Å². The third-order valence-corrected chi connectivity index (χ3v) is 7.69. The zero-order valence-corrected chi connectivity index (χ0v) is 22.5. The Balaban J connectivity index is 0.00000400. The number of nitrogens with two attached hydrogens (primary N) is 1. The number of methoxy groups -OCH3 is 1. The molecule has 0 radical (unpaired) electrons. The highest BCUT2D eigenvalue weighted by Gasteiger charge is 2.41. The van der Waals surface area contributed by atoms with Gasteiger partial charge in [0, 0.05) is 30.6 Å². The van der Waals surface area contributed by atoms with Crippen LogP contribution in [0.5, 0.6) is 0 Å². The standard InChI is InChI=1S/C29H36N4O4.ClH/c1-37-26(34)17-24-16-25(33(29(24)36)13-5-8-19-6-3-2-4-7-19)18-32-28(35)23-14-22(15-23)20-9-11-21(12-10-20)27(30)31;/h2-4,6-7,9-12,22-25H,5,8,13-18H2,1H3,(H3,30,31)(H,32,35);1H/t22-,23+,24-,25-;/m0./s1. The number of likely N-dealkylation sites (tertiary alicyclic amines) is 1. The van der Waals surface area contributed by atoms with Crippen LogP contribution in [-0.2, 0) is 25.5 Å². The number of aryl methyl sites for hydroxylation is 1. The van der Waals surface area contributed by atoms with E-state index in [-0.39, 0.29) is 54.4 Å². The van der Waals surface area contributed by atoms with E-state index >= 15 is 0 Å². The molecule has 2 amide bonds. The molecule has 9 heteroatoms. The van der Waals surface area contributed by atoms with E-state index in [0.29, 0.717) is 31.0 Å². The quantitative estimate of drug-likeness (QED) is 0.229. The summed E-state index contributed by atoms with van der Waals surface area (Å²) in [5.74, 6) is -0.483. The summed E-state index contributed by atoms with van der Waals surface area (Å²) >= 11 is 0. The summed E-state index contributed by atoms with van der Waals surface area (Å²) in [5.41, 5.74) is 8.60. The van der Waals surface area contributed by atoms with Crippen molar-refractivity contribution in [1.29, 1.82) is 5.41 Å². The average Bonchev–Trinajstić information content (AvgIpc) is 3.16. The molecule has 8 nitrogen and oxygen atoms in total. The largest absolute Gasteiger partial charge is 0.469 e. The van der Waals surface area contributed by atoms with E-state index < -0.39 is 5.92 Å². The van der Waals surface area contributed by atoms with Gasteiger partial charge in [0.15, 0.2) is 0 Å². The molecule has 2 aliphatic rings. The maximum Gasteiger partial charge on any atom is 0.306 e. The van der Waals surface area contributed by atoms with Crippen LogP contribution < -0.4 is 11.1 Å². The summed E-state index contributed by atoms with van der Waals surface area (Å²) < 4.78 is 4.79. The molecule has 1 heterocycles. The fraction of sp³-hybridized carbons (Fsp3) is 0.448. The van der Waals surface area contributed by atoms with Gasteiger partial charge in [-0.15, -0.1) is 12.4 Å². The Morgan fingerprint density at radius 3 is 2.39 bits per heavy atom. The van der Waals surface area contributed by atoms with Gasteiger partial charge in [0.1, 0.15) is 5.84 Å². The van der Waals surface area contributed by atoms with Gasteiger partial charge in [0.05, 0.1) is 19.4 Å². The van der Waals surface area contributed by atoms with Crippen LogP contribution in [-0.4, -0.2) is 54.8 Å². The van der Waals surface area contributed by atoms with Crippen LogP contribution in [0, 0.1) is 17.2 Å². The number of nitrogens with zero attached hydrogens (tertiary/aromatic N) is 1. The Hall–Kier alpha value is -3.39. The highest BCUT2D eigenvalue weighted by molar-refractivity contribution is 5.94. The Labute approximate surface area is 230 Å². The maximum atomic E-state index is 13.1. The van der Waals surface area contributed by atoms with Gasteiger partial charge in [-0.3, -0.25) is 19.8 Å². The van der Waals surface area contributed by atoms with Crippen LogP contribution in [0.15, 0.2) is 54.6 Å². The predicted molar refractivity (Wildman–Crippen MR) is 148 cm³/mol. The molecule has 4 rings (SSSR count). The molecule has 2 fully saturated rings. The number of carbonyl (C=O) groups excluding carboxylic acids is 3. The third-order valence-electron chi connectivity index (χ3n) is 7.69. The number of benzene rings is 2. The number of nitrogens with one attached hydrogen (secondary N) is 2. The lowest BCUT2D eigenvalue weighted by molar-refractivity contribution is -0.144. The molecule has 1 aliphatic carbocycles. The van der Waals surface area contributed by atoms with Gasteiger partial charge in [-0.05, 0) is 49.1 Å². The SMILES string of the molecule is COC(=O)C[C@@H]1C[C@@H](CNC(=O)[C@H]2C[C@@H](c3ccc(C(=N)N)cc3)C2)N(CCCc2ccccc2)C1=O.Cl. The second-order valence-corrected chi connectivity index (χ2v) is 10.1. The van der Waals surface area contributed by atoms with E-state index in [9.17, 15) is 14.4 Å². The molecular formula is C29H37ClN4O4. The number of ether oxygens (including phenoxy) is 1. The molecule has 204 valence electrons. The normalized spacial score (nSPS) is 22.2. The number of rotatable bonds is 11. The predicted octanol–water partition coefficient (Wildman–Crippen LogP) is 3.42. The number of amides is 2. The molecule has 0 spiro atoms. The van der Waals surface area contributed by atoms with Gasteiger partial charge in [0.25, 0.3) is 0 Å². The average molecular weight is 541 g/mol. The molecule has 1 saturated heterocycles. The van der Waals surface area contributed by atoms with E-state index in [0.717, 1.165) is 31.2 Å². The van der Waals surface area contributed by atoms with Crippen LogP contribution >= 0.6 is 12.4 Å². The van der Waals surface area contributed by atoms with Gasteiger partial charge >= 0.3 is 5.97 Å². The first-order valence-corrected chi connectivity index (χ1v) is 13.0. The number of esters is 1. The minimum absolute atomic E-state index is 0. The molecule has 38 heavy (non-hydrogen) atoms. The molecular weight excluding hydrogens is 504 g/mol. The Bertz CT molecular complexity index is 1120. The van der Waals surface area contributed by atoms with Crippen molar-refractivity contribution in [3.8, 4) is 0 Å². The lowest BCUT2D eigenvalue weighted by Crippen LogP contribution is -2.45. The van der Waals surface area contributed by atoms with Crippen molar-refractivity contribution in [3.63, 3.8) is 0 Å². The number of nitrogen functional groups attached to an aromatic ring is 1. The molecule has 2 aromatic carbocycles. The first-order chi connectivity index (χ1) is 17.9. The third kappa shape index (κ3) is 7.13. The Morgan fingerprint density at radius 1 is 1.08 bits per heavy atom. The van der Waals surface area contributed by atoms with Crippen LogP contribution in [0.4, 0.5) is 0 Å². The van der Waals surface area contributed by atoms with Crippen molar-refractivity contribution in [1.82, 2.24) is 10.2 Å². The number of amidine groups is 1. The van der Waals surface area contributed by atoms with E-state index in [4.69, 9.17) is 15.9 Å². The van der Waals surface area contributed by atoms with E-state index in [1.165, 1.54) is 12.7 Å². The van der Waals surface area contributed by atoms with Gasteiger partial charge in [-0.1, -0.05) is 54.6 Å². The van der Waals surface area contributed by atoms with Crippen molar-refractivity contribution < 1.29 is 19.1 Å². The number of hydrogen-bond donors (Lipinski definition) is 3. The molecule has 2 atom stereocenters. The minimum Gasteiger partial charge on any atom is -0.469 e. The highest BCUT2D eigenvalue weighted by Crippen LogP contribution is 2.41. The van der Waals surface area contributed by atoms with E-state index in [1.807, 2.05) is 47.4 Å². The fourth-order valence-corrected chi connectivity index (χ4v) is 5.41. The summed E-state index contributed by atoms with van der Waals surface area (Å²) in [6, 6.07) is 17.7. The Kier molecular flexibility index (Phi) is 10.3. The monoisotopic (exact) mass is 540 g/mol. The summed E-state index contributed by atoms with van der Waals surface area (Å²) in [6.45, 7) is 0.982. The van der Waals surface area contributed by atoms with Crippen molar-refractivity contribution in [2.45, 2.75) is 50.5 Å². The second-order valence-electron chi connectivity index (χ2n) is 10.1. The van der Waals surface area contributed by atoms with E-state index in [1.54, 1.807) is 0 Å². The zero-order valence-electron chi connectivity index (χ0n) is 21.7. The van der Waals surface area contributed by atoms with Gasteiger partial charge in [-0.25, -0.2) is 0 Å². The molecule has 0 bridgehead atoms. The molecule has 4 N–H and O–H groups in total. The minimum atomic E-state index is -0.405. The number of carbonyl (C=O) groups is 3. The van der Waals surface area contributed by atoms with Crippen molar-refractivity contribution in [3.05, 3.63) is 71.3 Å². The smallest absolute Gasteiger partial charge is 0.306 e. The molecule has 2 aromatic rings. The van der Waals surface area contributed by atoms with E-state index in [2.05, 4.69) is 17.4 Å². The molecule has 1 saturated carbocycles. The highest BCUT2D eigenvalue weighted by atomic mass is 35.5. The van der Waals surface area contributed by atoms with Crippen molar-refractivity contribution >= 4 is 36.0 Å². The summed E-state index contributed by atoms with van der Waals surface area (Å²) in [4.78, 5) is 39.7. The van der Waals surface area contributed by atoms with Crippen molar-refractivity contribution in [2.24, 2.45) is 17.6 Å². The van der Waals surface area contributed by atoms with Gasteiger partial charge in [0.2, 0.25) is 11.8 Å². The first kappa shape index (κ1) is 29.2. The van der Waals surface area contributed by atoms with Crippen LogP contribution in [0.25, 0.3) is 0 Å². The summed E-state index contributed by atoms with van der Waals surface area (Å²) in [6.07, 6.45) is 3.85.